The highest BCUT2D eigenvalue weighted by molar-refractivity contribution is 7.18. The number of Topliss-reactive ketones (excluding diaryl/α,β-unsaturated/α-hetero) is 1. The Morgan fingerprint density at radius 3 is 2.94 bits per heavy atom. The number of nitrogens with zero attached hydrogens (tertiary/aromatic N) is 1. The van der Waals surface area contributed by atoms with E-state index in [2.05, 4.69) is 10.4 Å². The van der Waals surface area contributed by atoms with Crippen LogP contribution in [0.15, 0.2) is 12.1 Å². The van der Waals surface area contributed by atoms with Crippen molar-refractivity contribution in [3.63, 3.8) is 0 Å². The van der Waals surface area contributed by atoms with Gasteiger partial charge in [-0.2, -0.15) is 0 Å². The van der Waals surface area contributed by atoms with Gasteiger partial charge >= 0.3 is 0 Å². The van der Waals surface area contributed by atoms with Crippen LogP contribution in [0.25, 0.3) is 10.2 Å². The van der Waals surface area contributed by atoms with E-state index < -0.39 is 0 Å². The molecule has 0 bridgehead atoms. The molecule has 0 aliphatic heterocycles. The molecule has 0 atom stereocenters. The smallest absolute Gasteiger partial charge is 0.159 e. The average molecular weight is 235 g/mol. The molecule has 0 unspecified atom stereocenters. The maximum Gasteiger partial charge on any atom is 0.159 e. The lowest BCUT2D eigenvalue weighted by Crippen LogP contribution is -2.21. The topological polar surface area (TPSA) is 68.0 Å². The molecule has 0 spiro atoms. The van der Waals surface area contributed by atoms with Gasteiger partial charge in [-0.05, 0) is 31.5 Å². The molecule has 3 N–H and O–H groups in total. The van der Waals surface area contributed by atoms with E-state index in [1.54, 1.807) is 18.3 Å². The molecule has 5 heteroatoms. The largest absolute Gasteiger partial charge is 0.295 e. The number of hydrogen-bond acceptors (Lipinski definition) is 5. The van der Waals surface area contributed by atoms with Crippen molar-refractivity contribution in [3.05, 3.63) is 28.3 Å². The van der Waals surface area contributed by atoms with Gasteiger partial charge in [0.25, 0.3) is 0 Å². The number of hydrazine groups is 1. The predicted molar refractivity (Wildman–Crippen MR) is 65.4 cm³/mol. The zero-order valence-corrected chi connectivity index (χ0v) is 10.0. The van der Waals surface area contributed by atoms with Gasteiger partial charge in [0.15, 0.2) is 5.78 Å². The summed E-state index contributed by atoms with van der Waals surface area (Å²) in [7, 11) is 0. The first kappa shape index (κ1) is 11.2. The fourth-order valence-corrected chi connectivity index (χ4v) is 2.57. The summed E-state index contributed by atoms with van der Waals surface area (Å²) in [6, 6.07) is 3.74. The standard InChI is InChI=1S/C11H13N3OS/c1-6(15)8-3-9(5-13-12)11-10(4-8)16-7(2)14-11/h3-4,13H,5,12H2,1-2H3. The van der Waals surface area contributed by atoms with Crippen LogP contribution in [0.1, 0.15) is 27.9 Å². The molecule has 16 heavy (non-hydrogen) atoms. The molecule has 0 aliphatic carbocycles. The van der Waals surface area contributed by atoms with E-state index in [1.165, 1.54) is 0 Å². The number of nitrogens with one attached hydrogen (secondary N) is 1. The summed E-state index contributed by atoms with van der Waals surface area (Å²) in [6.07, 6.45) is 0. The third kappa shape index (κ3) is 1.97. The molecule has 0 saturated carbocycles. The van der Waals surface area contributed by atoms with Gasteiger partial charge in [0.1, 0.15) is 0 Å². The number of benzene rings is 1. The van der Waals surface area contributed by atoms with Crippen molar-refractivity contribution in [3.8, 4) is 0 Å². The summed E-state index contributed by atoms with van der Waals surface area (Å²) in [6.45, 7) is 4.03. The summed E-state index contributed by atoms with van der Waals surface area (Å²) in [4.78, 5) is 15.8. The van der Waals surface area contributed by atoms with Crippen molar-refractivity contribution in [2.75, 3.05) is 0 Å². The molecule has 0 aliphatic rings. The molecule has 1 heterocycles. The van der Waals surface area contributed by atoms with Gasteiger partial charge in [-0.15, -0.1) is 11.3 Å². The van der Waals surface area contributed by atoms with Crippen molar-refractivity contribution in [2.24, 2.45) is 5.84 Å². The third-order valence-electron chi connectivity index (χ3n) is 2.38. The highest BCUT2D eigenvalue weighted by Gasteiger charge is 2.10. The van der Waals surface area contributed by atoms with Crippen molar-refractivity contribution < 1.29 is 4.79 Å². The highest BCUT2D eigenvalue weighted by Crippen LogP contribution is 2.26. The van der Waals surface area contributed by atoms with E-state index >= 15 is 0 Å². The van der Waals surface area contributed by atoms with E-state index in [0.717, 1.165) is 20.8 Å². The Bertz CT molecular complexity index is 547. The molecule has 84 valence electrons. The monoisotopic (exact) mass is 235 g/mol. The van der Waals surface area contributed by atoms with E-state index in [1.807, 2.05) is 19.1 Å². The molecular formula is C11H13N3OS. The van der Waals surface area contributed by atoms with Crippen molar-refractivity contribution in [1.82, 2.24) is 10.4 Å². The fourth-order valence-electron chi connectivity index (χ4n) is 1.66. The first-order chi connectivity index (χ1) is 7.61. The minimum absolute atomic E-state index is 0.0613. The minimum Gasteiger partial charge on any atom is -0.295 e. The molecular weight excluding hydrogens is 222 g/mol. The van der Waals surface area contributed by atoms with E-state index in [0.29, 0.717) is 12.1 Å². The number of nitrogens with two attached hydrogens (primary N) is 1. The second-order valence-corrected chi connectivity index (χ2v) is 4.89. The number of thiazole rings is 1. The number of carbonyl (C=O) groups excluding carboxylic acids is 1. The van der Waals surface area contributed by atoms with Crippen molar-refractivity contribution >= 4 is 27.3 Å². The zero-order chi connectivity index (χ0) is 11.7. The second kappa shape index (κ2) is 4.29. The van der Waals surface area contributed by atoms with Crippen LogP contribution in [0.4, 0.5) is 0 Å². The van der Waals surface area contributed by atoms with Gasteiger partial charge in [-0.25, -0.2) is 4.98 Å². The maximum absolute atomic E-state index is 11.4. The van der Waals surface area contributed by atoms with Gasteiger partial charge in [0, 0.05) is 12.1 Å². The first-order valence-electron chi connectivity index (χ1n) is 4.96. The normalized spacial score (nSPS) is 10.9. The lowest BCUT2D eigenvalue weighted by atomic mass is 10.1. The molecule has 0 fully saturated rings. The Morgan fingerprint density at radius 1 is 1.56 bits per heavy atom. The van der Waals surface area contributed by atoms with E-state index in [4.69, 9.17) is 5.84 Å². The number of hydrogen-bond donors (Lipinski definition) is 2. The maximum atomic E-state index is 11.4. The summed E-state index contributed by atoms with van der Waals surface area (Å²) in [5.74, 6) is 5.39. The van der Waals surface area contributed by atoms with Gasteiger partial charge in [-0.1, -0.05) is 0 Å². The number of rotatable bonds is 3. The summed E-state index contributed by atoms with van der Waals surface area (Å²) in [5.41, 5.74) is 5.22. The SMILES string of the molecule is CC(=O)c1cc(CNN)c2nc(C)sc2c1. The summed E-state index contributed by atoms with van der Waals surface area (Å²) < 4.78 is 1.04. The zero-order valence-electron chi connectivity index (χ0n) is 9.20. The van der Waals surface area contributed by atoms with Crippen molar-refractivity contribution in [1.29, 1.82) is 0 Å². The molecule has 0 radical (unpaired) electrons. The number of fused-ring (bicyclic) bond motifs is 1. The van der Waals surface area contributed by atoms with Crippen LogP contribution in [-0.2, 0) is 6.54 Å². The summed E-state index contributed by atoms with van der Waals surface area (Å²) in [5, 5.41) is 0.994. The fraction of sp³-hybridized carbons (Fsp3) is 0.273. The van der Waals surface area contributed by atoms with Crippen LogP contribution >= 0.6 is 11.3 Å². The average Bonchev–Trinajstić information content (AvgIpc) is 2.58. The van der Waals surface area contributed by atoms with E-state index in [-0.39, 0.29) is 5.78 Å². The third-order valence-corrected chi connectivity index (χ3v) is 3.30. The molecule has 2 aromatic rings. The number of carbonyl (C=O) groups is 1. The number of aryl methyl sites for hydroxylation is 1. The highest BCUT2D eigenvalue weighted by atomic mass is 32.1. The van der Waals surface area contributed by atoms with Gasteiger partial charge in [0.05, 0.1) is 15.2 Å². The molecule has 2 rings (SSSR count). The molecule has 0 saturated heterocycles. The second-order valence-electron chi connectivity index (χ2n) is 3.65. The lowest BCUT2D eigenvalue weighted by molar-refractivity contribution is 0.101. The number of ketones is 1. The Balaban J connectivity index is 2.67. The molecule has 0 amide bonds. The summed E-state index contributed by atoms with van der Waals surface area (Å²) >= 11 is 1.59. The van der Waals surface area contributed by atoms with Crippen LogP contribution in [0, 0.1) is 6.92 Å². The molecule has 4 nitrogen and oxygen atoms in total. The molecule has 1 aromatic carbocycles. The van der Waals surface area contributed by atoms with Gasteiger partial charge in [-0.3, -0.25) is 16.1 Å². The quantitative estimate of drug-likeness (QED) is 0.483. The van der Waals surface area contributed by atoms with E-state index in [9.17, 15) is 4.79 Å². The minimum atomic E-state index is 0.0613. The van der Waals surface area contributed by atoms with Crippen molar-refractivity contribution in [2.45, 2.75) is 20.4 Å². The Kier molecular flexibility index (Phi) is 3.00. The van der Waals surface area contributed by atoms with Crippen LogP contribution < -0.4 is 11.3 Å². The van der Waals surface area contributed by atoms with Crippen LogP contribution in [-0.4, -0.2) is 10.8 Å². The van der Waals surface area contributed by atoms with Gasteiger partial charge < -0.3 is 0 Å². The Labute approximate surface area is 97.5 Å². The van der Waals surface area contributed by atoms with Gasteiger partial charge in [0.2, 0.25) is 0 Å². The Hall–Kier alpha value is -1.30. The Morgan fingerprint density at radius 2 is 2.31 bits per heavy atom. The van der Waals surface area contributed by atoms with Crippen LogP contribution in [0.3, 0.4) is 0 Å². The first-order valence-corrected chi connectivity index (χ1v) is 5.78. The lowest BCUT2D eigenvalue weighted by Gasteiger charge is -2.03. The molecule has 1 aromatic heterocycles. The number of aromatic nitrogens is 1. The van der Waals surface area contributed by atoms with Crippen LogP contribution in [0.2, 0.25) is 0 Å². The predicted octanol–water partition coefficient (Wildman–Crippen LogP) is 1.77. The van der Waals surface area contributed by atoms with Crippen LogP contribution in [0.5, 0.6) is 0 Å².